The predicted octanol–water partition coefficient (Wildman–Crippen LogP) is 15.9. The highest BCUT2D eigenvalue weighted by Gasteiger charge is 2.19. The largest absolute Gasteiger partial charge is 0.462 e. The summed E-state index contributed by atoms with van der Waals surface area (Å²) in [5.41, 5.74) is 0. The number of unbranched alkanes of at least 4 members (excludes halogenated alkanes) is 32. The lowest BCUT2D eigenvalue weighted by Gasteiger charge is -2.18. The molecule has 332 valence electrons. The molecule has 0 heterocycles. The van der Waals surface area contributed by atoms with Crippen LogP contribution in [0.3, 0.4) is 0 Å². The van der Waals surface area contributed by atoms with Crippen LogP contribution in [0.4, 0.5) is 0 Å². The first kappa shape index (κ1) is 54.4. The summed E-state index contributed by atoms with van der Waals surface area (Å²) in [4.78, 5) is 37.8. The lowest BCUT2D eigenvalue weighted by Crippen LogP contribution is -2.30. The number of rotatable bonds is 45. The molecule has 0 spiro atoms. The van der Waals surface area contributed by atoms with Gasteiger partial charge in [-0.25, -0.2) is 0 Å². The van der Waals surface area contributed by atoms with Gasteiger partial charge in [0.05, 0.1) is 0 Å². The first-order valence-electron chi connectivity index (χ1n) is 24.9. The van der Waals surface area contributed by atoms with Crippen LogP contribution in [-0.4, -0.2) is 37.2 Å². The third-order valence-electron chi connectivity index (χ3n) is 11.3. The van der Waals surface area contributed by atoms with Gasteiger partial charge in [-0.1, -0.05) is 240 Å². The maximum atomic E-state index is 12.7. The quantitative estimate of drug-likeness (QED) is 0.0347. The van der Waals surface area contributed by atoms with Crippen molar-refractivity contribution in [3.8, 4) is 0 Å². The van der Waals surface area contributed by atoms with E-state index in [1.807, 2.05) is 0 Å². The maximum absolute atomic E-state index is 12.7. The smallest absolute Gasteiger partial charge is 0.306 e. The van der Waals surface area contributed by atoms with E-state index in [4.69, 9.17) is 14.2 Å². The lowest BCUT2D eigenvalue weighted by molar-refractivity contribution is -0.167. The van der Waals surface area contributed by atoms with E-state index in [-0.39, 0.29) is 31.1 Å². The molecule has 0 N–H and O–H groups in total. The fraction of sp³-hybridized carbons (Fsp3) is 0.940. The SMILES string of the molecule is CCCCCCCCCCCCCCCCC(=O)O[C@@H](COC(=O)CCCCCCCCCCC)COC(=O)CCCCCCCCCCCCCCC(C)C. The van der Waals surface area contributed by atoms with Crippen LogP contribution in [0.5, 0.6) is 0 Å². The molecule has 0 amide bonds. The summed E-state index contributed by atoms with van der Waals surface area (Å²) in [5.74, 6) is -0.0155. The Hall–Kier alpha value is -1.59. The Kier molecular flexibility index (Phi) is 43.2. The molecule has 0 aliphatic rings. The van der Waals surface area contributed by atoms with Gasteiger partial charge in [0, 0.05) is 19.3 Å². The molecule has 56 heavy (non-hydrogen) atoms. The summed E-state index contributed by atoms with van der Waals surface area (Å²) in [7, 11) is 0. The minimum atomic E-state index is -0.759. The van der Waals surface area contributed by atoms with Crippen LogP contribution in [-0.2, 0) is 28.6 Å². The second kappa shape index (κ2) is 44.5. The molecule has 0 saturated carbocycles. The van der Waals surface area contributed by atoms with Crippen LogP contribution >= 0.6 is 0 Å². The van der Waals surface area contributed by atoms with Crippen LogP contribution in [0.2, 0.25) is 0 Å². The Labute approximate surface area is 348 Å². The van der Waals surface area contributed by atoms with Crippen molar-refractivity contribution in [1.82, 2.24) is 0 Å². The Morgan fingerprint density at radius 3 is 0.875 bits per heavy atom. The molecule has 1 atom stereocenters. The molecule has 0 fully saturated rings. The van der Waals surface area contributed by atoms with E-state index in [1.54, 1.807) is 0 Å². The van der Waals surface area contributed by atoms with E-state index in [2.05, 4.69) is 27.7 Å². The lowest BCUT2D eigenvalue weighted by atomic mass is 10.0. The number of hydrogen-bond acceptors (Lipinski definition) is 6. The van der Waals surface area contributed by atoms with Gasteiger partial charge in [0.25, 0.3) is 0 Å². The van der Waals surface area contributed by atoms with Gasteiger partial charge in [-0.05, 0) is 25.2 Å². The van der Waals surface area contributed by atoms with Crippen LogP contribution in [0, 0.1) is 5.92 Å². The van der Waals surface area contributed by atoms with Gasteiger partial charge in [0.1, 0.15) is 13.2 Å². The van der Waals surface area contributed by atoms with Gasteiger partial charge < -0.3 is 14.2 Å². The van der Waals surface area contributed by atoms with Crippen LogP contribution in [0.1, 0.15) is 278 Å². The van der Waals surface area contributed by atoms with Gasteiger partial charge in [0.15, 0.2) is 6.10 Å². The number of carbonyl (C=O) groups is 3. The maximum Gasteiger partial charge on any atom is 0.306 e. The first-order chi connectivity index (χ1) is 27.4. The molecule has 6 heteroatoms. The van der Waals surface area contributed by atoms with Gasteiger partial charge in [-0.2, -0.15) is 0 Å². The molecule has 0 bridgehead atoms. The number of esters is 3. The molecule has 0 aromatic carbocycles. The standard InChI is InChI=1S/C50H96O6/c1-5-7-9-11-13-15-16-17-18-23-27-31-35-39-43-50(53)56-47(44-54-48(51)41-37-33-29-24-14-12-10-8-6-2)45-55-49(52)42-38-34-30-26-22-20-19-21-25-28-32-36-40-46(3)4/h46-47H,5-45H2,1-4H3/t47-/m0/s1. The van der Waals surface area contributed by atoms with Crippen LogP contribution in [0.25, 0.3) is 0 Å². The Morgan fingerprint density at radius 2 is 0.589 bits per heavy atom. The van der Waals surface area contributed by atoms with Crippen LogP contribution in [0.15, 0.2) is 0 Å². The highest BCUT2D eigenvalue weighted by atomic mass is 16.6. The zero-order valence-electron chi connectivity index (χ0n) is 38.1. The van der Waals surface area contributed by atoms with E-state index in [0.717, 1.165) is 63.7 Å². The highest BCUT2D eigenvalue weighted by Crippen LogP contribution is 2.17. The summed E-state index contributed by atoms with van der Waals surface area (Å²) in [6.45, 7) is 9.00. The molecule has 0 radical (unpaired) electrons. The van der Waals surface area contributed by atoms with E-state index < -0.39 is 6.10 Å². The monoisotopic (exact) mass is 793 g/mol. The summed E-state index contributed by atoms with van der Waals surface area (Å²) < 4.78 is 16.8. The zero-order valence-corrected chi connectivity index (χ0v) is 38.1. The predicted molar refractivity (Wildman–Crippen MR) is 238 cm³/mol. The van der Waals surface area contributed by atoms with Crippen molar-refractivity contribution in [2.45, 2.75) is 284 Å². The number of hydrogen-bond donors (Lipinski definition) is 0. The third kappa shape index (κ3) is 43.5. The second-order valence-corrected chi connectivity index (χ2v) is 17.6. The van der Waals surface area contributed by atoms with E-state index in [0.29, 0.717) is 19.3 Å². The molecule has 0 aliphatic heterocycles. The molecule has 0 aromatic heterocycles. The minimum absolute atomic E-state index is 0.0631. The summed E-state index contributed by atoms with van der Waals surface area (Å²) in [5, 5.41) is 0. The normalized spacial score (nSPS) is 11.9. The molecular weight excluding hydrogens is 697 g/mol. The average molecular weight is 793 g/mol. The fourth-order valence-electron chi connectivity index (χ4n) is 7.51. The average Bonchev–Trinajstić information content (AvgIpc) is 3.18. The summed E-state index contributed by atoms with van der Waals surface area (Å²) >= 11 is 0. The van der Waals surface area contributed by atoms with Crippen molar-refractivity contribution in [3.63, 3.8) is 0 Å². The fourth-order valence-corrected chi connectivity index (χ4v) is 7.51. The third-order valence-corrected chi connectivity index (χ3v) is 11.3. The first-order valence-corrected chi connectivity index (χ1v) is 24.9. The van der Waals surface area contributed by atoms with Crippen molar-refractivity contribution in [2.24, 2.45) is 5.92 Å². The topological polar surface area (TPSA) is 78.9 Å². The van der Waals surface area contributed by atoms with Gasteiger partial charge in [-0.15, -0.1) is 0 Å². The molecule has 0 unspecified atom stereocenters. The Bertz CT molecular complexity index is 841. The van der Waals surface area contributed by atoms with E-state index >= 15 is 0 Å². The van der Waals surface area contributed by atoms with E-state index in [1.165, 1.54) is 173 Å². The molecule has 0 saturated heterocycles. The van der Waals surface area contributed by atoms with Crippen molar-refractivity contribution >= 4 is 17.9 Å². The molecule has 0 aliphatic carbocycles. The molecular formula is C50H96O6. The van der Waals surface area contributed by atoms with Crippen LogP contribution < -0.4 is 0 Å². The molecule has 6 nitrogen and oxygen atoms in total. The second-order valence-electron chi connectivity index (χ2n) is 17.6. The summed E-state index contributed by atoms with van der Waals surface area (Å²) in [6, 6.07) is 0. The van der Waals surface area contributed by atoms with Crippen molar-refractivity contribution in [3.05, 3.63) is 0 Å². The van der Waals surface area contributed by atoms with Crippen molar-refractivity contribution < 1.29 is 28.6 Å². The molecule has 0 rings (SSSR count). The van der Waals surface area contributed by atoms with Gasteiger partial charge >= 0.3 is 17.9 Å². The molecule has 0 aromatic rings. The Morgan fingerprint density at radius 1 is 0.339 bits per heavy atom. The van der Waals surface area contributed by atoms with Gasteiger partial charge in [0.2, 0.25) is 0 Å². The highest BCUT2D eigenvalue weighted by molar-refractivity contribution is 5.71. The van der Waals surface area contributed by atoms with Gasteiger partial charge in [-0.3, -0.25) is 14.4 Å². The Balaban J connectivity index is 4.28. The van der Waals surface area contributed by atoms with Crippen molar-refractivity contribution in [2.75, 3.05) is 13.2 Å². The summed E-state index contributed by atoms with van der Waals surface area (Å²) in [6.07, 6.45) is 45.1. The van der Waals surface area contributed by atoms with E-state index in [9.17, 15) is 14.4 Å². The minimum Gasteiger partial charge on any atom is -0.462 e. The number of ether oxygens (including phenoxy) is 3. The number of carbonyl (C=O) groups excluding carboxylic acids is 3. The zero-order chi connectivity index (χ0) is 41.0. The van der Waals surface area contributed by atoms with Crippen molar-refractivity contribution in [1.29, 1.82) is 0 Å².